The zero-order chi connectivity index (χ0) is 19.4. The van der Waals surface area contributed by atoms with Crippen LogP contribution >= 0.6 is 0 Å². The Morgan fingerprint density at radius 3 is 2.63 bits per heavy atom. The number of carbonyl (C=O) groups excluding carboxylic acids is 1. The summed E-state index contributed by atoms with van der Waals surface area (Å²) in [5.74, 6) is 0.380. The van der Waals surface area contributed by atoms with Gasteiger partial charge in [-0.1, -0.05) is 18.2 Å². The molecule has 2 aromatic carbocycles. The number of fused-ring (bicyclic) bond motifs is 1. The highest BCUT2D eigenvalue weighted by atomic mass is 32.2. The largest absolute Gasteiger partial charge is 0.355 e. The van der Waals surface area contributed by atoms with Gasteiger partial charge in [-0.25, -0.2) is 18.1 Å². The van der Waals surface area contributed by atoms with Crippen LogP contribution in [0.25, 0.3) is 11.0 Å². The first-order valence-electron chi connectivity index (χ1n) is 8.62. The summed E-state index contributed by atoms with van der Waals surface area (Å²) in [5, 5.41) is 2.69. The number of amides is 1. The van der Waals surface area contributed by atoms with Crippen LogP contribution < -0.4 is 10.0 Å². The fourth-order valence-electron chi connectivity index (χ4n) is 2.63. The van der Waals surface area contributed by atoms with Gasteiger partial charge in [-0.2, -0.15) is 0 Å². The number of aromatic amines is 1. The monoisotopic (exact) mass is 386 g/mol. The number of H-pyrrole nitrogens is 1. The summed E-state index contributed by atoms with van der Waals surface area (Å²) in [4.78, 5) is 19.7. The zero-order valence-corrected chi connectivity index (χ0v) is 16.1. The molecule has 8 heteroatoms. The topological polar surface area (TPSA) is 104 Å². The Kier molecular flexibility index (Phi) is 5.57. The fraction of sp³-hybridized carbons (Fsp3) is 0.263. The molecule has 1 aromatic heterocycles. The number of nitrogens with zero attached hydrogens (tertiary/aromatic N) is 1. The Hall–Kier alpha value is -2.71. The average Bonchev–Trinajstić information content (AvgIpc) is 3.05. The van der Waals surface area contributed by atoms with Crippen LogP contribution in [-0.2, 0) is 21.2 Å². The lowest BCUT2D eigenvalue weighted by atomic mass is 10.1. The Balaban J connectivity index is 1.49. The van der Waals surface area contributed by atoms with Crippen LogP contribution in [0.1, 0.15) is 17.0 Å². The van der Waals surface area contributed by atoms with E-state index < -0.39 is 15.9 Å². The van der Waals surface area contributed by atoms with Crippen LogP contribution in [0.5, 0.6) is 0 Å². The first-order valence-corrected chi connectivity index (χ1v) is 10.1. The number of hydrogen-bond acceptors (Lipinski definition) is 4. The lowest BCUT2D eigenvalue weighted by Crippen LogP contribution is -2.37. The van der Waals surface area contributed by atoms with E-state index in [1.165, 1.54) is 6.07 Å². The standard InChI is InChI=1S/C19H22N4O3S/c1-13-7-8-15(11-14(13)2)27(25,26)21-12-19(24)20-10-9-18-22-16-5-3-4-6-17(16)23-18/h3-8,11,21H,9-10,12H2,1-2H3,(H,20,24)(H,22,23). The maximum atomic E-state index is 12.3. The molecule has 0 radical (unpaired) electrons. The summed E-state index contributed by atoms with van der Waals surface area (Å²) in [6.07, 6.45) is 0.532. The molecule has 3 N–H and O–H groups in total. The second-order valence-electron chi connectivity index (χ2n) is 6.37. The number of hydrogen-bond donors (Lipinski definition) is 3. The molecule has 0 saturated heterocycles. The first-order chi connectivity index (χ1) is 12.8. The second kappa shape index (κ2) is 7.89. The van der Waals surface area contributed by atoms with E-state index in [1.54, 1.807) is 12.1 Å². The molecule has 7 nitrogen and oxygen atoms in total. The van der Waals surface area contributed by atoms with Crippen molar-refractivity contribution in [2.24, 2.45) is 0 Å². The maximum absolute atomic E-state index is 12.3. The van der Waals surface area contributed by atoms with Crippen LogP contribution in [0.15, 0.2) is 47.4 Å². The fourth-order valence-corrected chi connectivity index (χ4v) is 3.70. The molecular weight excluding hydrogens is 364 g/mol. The second-order valence-corrected chi connectivity index (χ2v) is 8.14. The first kappa shape index (κ1) is 19.1. The van der Waals surface area contributed by atoms with Gasteiger partial charge in [-0.05, 0) is 49.2 Å². The summed E-state index contributed by atoms with van der Waals surface area (Å²) < 4.78 is 26.9. The number of sulfonamides is 1. The van der Waals surface area contributed by atoms with Crippen molar-refractivity contribution in [1.82, 2.24) is 20.0 Å². The third-order valence-electron chi connectivity index (χ3n) is 4.33. The minimum atomic E-state index is -3.72. The summed E-state index contributed by atoms with van der Waals surface area (Å²) in [5.41, 5.74) is 3.71. The van der Waals surface area contributed by atoms with Gasteiger partial charge in [0.15, 0.2) is 0 Å². The molecule has 0 unspecified atom stereocenters. The van der Waals surface area contributed by atoms with Gasteiger partial charge in [0, 0.05) is 13.0 Å². The number of nitrogens with one attached hydrogen (secondary N) is 3. The highest BCUT2D eigenvalue weighted by Crippen LogP contribution is 2.14. The van der Waals surface area contributed by atoms with Gasteiger partial charge in [-0.15, -0.1) is 0 Å². The molecule has 3 aromatic rings. The van der Waals surface area contributed by atoms with E-state index in [9.17, 15) is 13.2 Å². The quantitative estimate of drug-likeness (QED) is 0.576. The van der Waals surface area contributed by atoms with Crippen molar-refractivity contribution in [3.05, 3.63) is 59.4 Å². The van der Waals surface area contributed by atoms with Crippen LogP contribution in [-0.4, -0.2) is 37.4 Å². The Labute approximate surface area is 158 Å². The van der Waals surface area contributed by atoms with E-state index in [1.807, 2.05) is 38.1 Å². The van der Waals surface area contributed by atoms with E-state index in [4.69, 9.17) is 0 Å². The van der Waals surface area contributed by atoms with Crippen molar-refractivity contribution in [3.8, 4) is 0 Å². The van der Waals surface area contributed by atoms with Gasteiger partial charge in [0.25, 0.3) is 0 Å². The predicted molar refractivity (Wildman–Crippen MR) is 104 cm³/mol. The van der Waals surface area contributed by atoms with Gasteiger partial charge in [0.1, 0.15) is 5.82 Å². The lowest BCUT2D eigenvalue weighted by molar-refractivity contribution is -0.119. The summed E-state index contributed by atoms with van der Waals surface area (Å²) >= 11 is 0. The van der Waals surface area contributed by atoms with Crippen molar-refractivity contribution in [2.45, 2.75) is 25.2 Å². The Bertz CT molecular complexity index is 1040. The average molecular weight is 386 g/mol. The van der Waals surface area contributed by atoms with Gasteiger partial charge < -0.3 is 10.3 Å². The molecule has 0 aliphatic heterocycles. The van der Waals surface area contributed by atoms with E-state index in [2.05, 4.69) is 20.0 Å². The van der Waals surface area contributed by atoms with Crippen LogP contribution in [0, 0.1) is 13.8 Å². The SMILES string of the molecule is Cc1ccc(S(=O)(=O)NCC(=O)NCCc2nc3ccccc3[nH]2)cc1C. The van der Waals surface area contributed by atoms with Crippen LogP contribution in [0.2, 0.25) is 0 Å². The zero-order valence-electron chi connectivity index (χ0n) is 15.2. The van der Waals surface area contributed by atoms with Crippen molar-refractivity contribution >= 4 is 27.0 Å². The third-order valence-corrected chi connectivity index (χ3v) is 5.73. The number of imidazole rings is 1. The van der Waals surface area contributed by atoms with Crippen molar-refractivity contribution < 1.29 is 13.2 Å². The normalized spacial score (nSPS) is 11.6. The molecule has 1 amide bonds. The van der Waals surface area contributed by atoms with Crippen molar-refractivity contribution in [3.63, 3.8) is 0 Å². The number of benzene rings is 2. The third kappa shape index (κ3) is 4.72. The maximum Gasteiger partial charge on any atom is 0.241 e. The van der Waals surface area contributed by atoms with Gasteiger partial charge >= 0.3 is 0 Å². The molecule has 0 atom stereocenters. The van der Waals surface area contributed by atoms with Crippen LogP contribution in [0.4, 0.5) is 0 Å². The Morgan fingerprint density at radius 2 is 1.89 bits per heavy atom. The molecule has 0 spiro atoms. The van der Waals surface area contributed by atoms with Crippen LogP contribution in [0.3, 0.4) is 0 Å². The van der Waals surface area contributed by atoms with E-state index in [0.717, 1.165) is 28.0 Å². The molecular formula is C19H22N4O3S. The number of para-hydroxylation sites is 2. The number of aryl methyl sites for hydroxylation is 2. The van der Waals surface area contributed by atoms with Gasteiger partial charge in [0.2, 0.25) is 15.9 Å². The molecule has 27 heavy (non-hydrogen) atoms. The van der Waals surface area contributed by atoms with E-state index in [0.29, 0.717) is 13.0 Å². The molecule has 0 aliphatic rings. The van der Waals surface area contributed by atoms with E-state index in [-0.39, 0.29) is 11.4 Å². The molecule has 142 valence electrons. The number of carbonyl (C=O) groups is 1. The molecule has 3 rings (SSSR count). The smallest absolute Gasteiger partial charge is 0.241 e. The van der Waals surface area contributed by atoms with E-state index >= 15 is 0 Å². The van der Waals surface area contributed by atoms with Gasteiger partial charge in [0.05, 0.1) is 22.5 Å². The Morgan fingerprint density at radius 1 is 1.11 bits per heavy atom. The van der Waals surface area contributed by atoms with Crippen molar-refractivity contribution in [2.75, 3.05) is 13.1 Å². The summed E-state index contributed by atoms with van der Waals surface area (Å²) in [6.45, 7) is 3.81. The lowest BCUT2D eigenvalue weighted by Gasteiger charge is -2.09. The molecule has 0 saturated carbocycles. The molecule has 0 fully saturated rings. The highest BCUT2D eigenvalue weighted by Gasteiger charge is 2.16. The number of rotatable bonds is 7. The molecule has 1 heterocycles. The minimum absolute atomic E-state index is 0.153. The van der Waals surface area contributed by atoms with Gasteiger partial charge in [-0.3, -0.25) is 4.79 Å². The summed E-state index contributed by atoms with van der Waals surface area (Å²) in [6, 6.07) is 12.6. The highest BCUT2D eigenvalue weighted by molar-refractivity contribution is 7.89. The summed E-state index contributed by atoms with van der Waals surface area (Å²) in [7, 11) is -3.72. The number of aromatic nitrogens is 2. The molecule has 0 aliphatic carbocycles. The van der Waals surface area contributed by atoms with Crippen molar-refractivity contribution in [1.29, 1.82) is 0 Å². The molecule has 0 bridgehead atoms. The minimum Gasteiger partial charge on any atom is -0.355 e. The predicted octanol–water partition coefficient (Wildman–Crippen LogP) is 1.82.